The number of hydrogen-bond donors (Lipinski definition) is 2. The van der Waals surface area contributed by atoms with Crippen LogP contribution >= 0.6 is 0 Å². The molecule has 0 aromatic carbocycles. The summed E-state index contributed by atoms with van der Waals surface area (Å²) in [7, 11) is 7.00. The molecule has 0 bridgehead atoms. The molecule has 0 amide bonds. The average Bonchev–Trinajstić information content (AvgIpc) is 3.35. The summed E-state index contributed by atoms with van der Waals surface area (Å²) in [5, 5.41) is 7.32. The van der Waals surface area contributed by atoms with E-state index in [0.29, 0.717) is 11.4 Å². The van der Waals surface area contributed by atoms with Crippen LogP contribution in [-0.4, -0.2) is 99.2 Å². The Morgan fingerprint density at radius 3 is 1.49 bits per heavy atom. The van der Waals surface area contributed by atoms with Crippen LogP contribution in [-0.2, 0) is 19.3 Å². The van der Waals surface area contributed by atoms with E-state index in [9.17, 15) is 9.59 Å². The van der Waals surface area contributed by atoms with Crippen LogP contribution in [0.5, 0.6) is 0 Å². The molecule has 0 fully saturated rings. The Kier molecular flexibility index (Phi) is 9.64. The van der Waals surface area contributed by atoms with E-state index in [1.54, 1.807) is 62.5 Å². The molecule has 3 rings (SSSR count). The first-order valence-electron chi connectivity index (χ1n) is 11.0. The van der Waals surface area contributed by atoms with Crippen molar-refractivity contribution in [3.05, 3.63) is 60.2 Å². The van der Waals surface area contributed by atoms with Crippen molar-refractivity contribution in [1.82, 2.24) is 19.8 Å². The topological polar surface area (TPSA) is 162 Å². The summed E-state index contributed by atoms with van der Waals surface area (Å²) < 4.78 is 2.26. The molecule has 194 valence electrons. The fraction of sp³-hybridized carbons (Fsp3) is 0.250. The van der Waals surface area contributed by atoms with Gasteiger partial charge < -0.3 is 0 Å². The van der Waals surface area contributed by atoms with Gasteiger partial charge in [-0.1, -0.05) is 0 Å². The van der Waals surface area contributed by atoms with Crippen LogP contribution in [0.4, 0.5) is 0 Å². The molecule has 3 heterocycles. The van der Waals surface area contributed by atoms with Crippen LogP contribution in [0.2, 0.25) is 0 Å². The van der Waals surface area contributed by atoms with Gasteiger partial charge in [0, 0.05) is 0 Å². The van der Waals surface area contributed by atoms with E-state index < -0.39 is 11.9 Å². The first kappa shape index (κ1) is 27.7. The zero-order valence-corrected chi connectivity index (χ0v) is 22.6. The van der Waals surface area contributed by atoms with Gasteiger partial charge in [0.2, 0.25) is 0 Å². The molecule has 0 unspecified atom stereocenters. The number of pyridine rings is 2. The number of nitrogens with zero attached hydrogens (tertiary/aromatic N) is 6. The third-order valence-corrected chi connectivity index (χ3v) is 7.09. The van der Waals surface area contributed by atoms with Crippen molar-refractivity contribution in [1.29, 1.82) is 0 Å². The van der Waals surface area contributed by atoms with Gasteiger partial charge >= 0.3 is 220 Å². The minimum atomic E-state index is -0.511. The molecule has 12 nitrogen and oxygen atoms in total. The van der Waals surface area contributed by atoms with Crippen LogP contribution < -0.4 is 11.5 Å². The Hall–Kier alpha value is -3.90. The van der Waals surface area contributed by atoms with Gasteiger partial charge in [-0.3, -0.25) is 0 Å². The normalized spacial score (nSPS) is 12.2. The Morgan fingerprint density at radius 1 is 0.757 bits per heavy atom. The monoisotopic (exact) mass is 572 g/mol. The van der Waals surface area contributed by atoms with Crippen LogP contribution in [0.15, 0.2) is 59.1 Å². The summed E-state index contributed by atoms with van der Waals surface area (Å²) in [6.45, 7) is 0.195. The Morgan fingerprint density at radius 2 is 1.16 bits per heavy atom. The number of carbonyl (C=O) groups excluding carboxylic acids is 2. The van der Waals surface area contributed by atoms with E-state index in [1.165, 1.54) is 0 Å². The molecule has 0 saturated carbocycles. The van der Waals surface area contributed by atoms with Crippen LogP contribution in [0, 0.1) is 0 Å². The zero-order chi connectivity index (χ0) is 26.9. The third-order valence-electron chi connectivity index (χ3n) is 4.61. The van der Waals surface area contributed by atoms with E-state index in [0.717, 1.165) is 20.0 Å². The maximum atomic E-state index is 11.6. The van der Waals surface area contributed by atoms with Crippen molar-refractivity contribution in [3.63, 3.8) is 0 Å². The number of oxime groups is 2. The molecule has 4 N–H and O–H groups in total. The molecular formula is C24H28N8O4Se. The quantitative estimate of drug-likeness (QED) is 0.114. The van der Waals surface area contributed by atoms with E-state index in [2.05, 4.69) is 20.3 Å². The summed E-state index contributed by atoms with van der Waals surface area (Å²) in [5.41, 5.74) is 14.5. The fourth-order valence-corrected chi connectivity index (χ4v) is 4.97. The zero-order valence-electron chi connectivity index (χ0n) is 20.9. The predicted octanol–water partition coefficient (Wildman–Crippen LogP) is 0.318. The second-order valence-electron chi connectivity index (χ2n) is 8.38. The summed E-state index contributed by atoms with van der Waals surface area (Å²) in [6, 6.07) is 11.3. The summed E-state index contributed by atoms with van der Waals surface area (Å²) in [4.78, 5) is 44.9. The van der Waals surface area contributed by atoms with E-state index in [-0.39, 0.29) is 39.3 Å². The number of rotatable bonds is 10. The standard InChI is InChI=1S/C24H28N8O4Se/c1-31(2)13-21(33)35-29-23(25)17-7-5-15(11-27-17)19-9-10-20(37-19)16-6-8-18(28-12-16)24(26)30-36-22(34)14-32(3)4/h5-12H,13-14H2,1-4H3,(H2,25,29)(H2,26,30). The van der Waals surface area contributed by atoms with Gasteiger partial charge in [-0.15, -0.1) is 0 Å². The van der Waals surface area contributed by atoms with E-state index in [1.807, 2.05) is 24.3 Å². The van der Waals surface area contributed by atoms with Crippen LogP contribution in [0.25, 0.3) is 20.0 Å². The molecule has 3 aromatic rings. The van der Waals surface area contributed by atoms with Gasteiger partial charge in [0.25, 0.3) is 0 Å². The van der Waals surface area contributed by atoms with E-state index in [4.69, 9.17) is 21.1 Å². The number of likely N-dealkylation sites (N-methyl/N-ethyl adjacent to an activating group) is 2. The second kappa shape index (κ2) is 12.9. The second-order valence-corrected chi connectivity index (χ2v) is 10.7. The molecule has 0 saturated heterocycles. The number of hydrogen-bond acceptors (Lipinski definition) is 10. The predicted molar refractivity (Wildman–Crippen MR) is 141 cm³/mol. The molecule has 3 aromatic heterocycles. The number of nitrogens with two attached hydrogens (primary N) is 2. The maximum absolute atomic E-state index is 11.6. The van der Waals surface area contributed by atoms with Crippen molar-refractivity contribution in [3.8, 4) is 20.0 Å². The SMILES string of the molecule is CN(C)CC(=O)O/N=C(/N)c1ccc(-c2ccc(-c3ccc(/C(N)=N\OC(=O)CN(C)C)nc3)[se]2)cn1. The van der Waals surface area contributed by atoms with Gasteiger partial charge in [0.15, 0.2) is 0 Å². The third kappa shape index (κ3) is 8.33. The molecule has 0 aliphatic heterocycles. The Balaban J connectivity index is 1.65. The van der Waals surface area contributed by atoms with Crippen LogP contribution in [0.3, 0.4) is 0 Å². The van der Waals surface area contributed by atoms with Crippen molar-refractivity contribution in [2.24, 2.45) is 21.8 Å². The average molecular weight is 572 g/mol. The first-order valence-corrected chi connectivity index (χ1v) is 12.7. The van der Waals surface area contributed by atoms with Gasteiger partial charge in [-0.05, 0) is 0 Å². The fourth-order valence-electron chi connectivity index (χ4n) is 2.90. The van der Waals surface area contributed by atoms with Crippen molar-refractivity contribution in [2.75, 3.05) is 41.3 Å². The summed E-state index contributed by atoms with van der Waals surface area (Å²) >= 11 is 0.0229. The van der Waals surface area contributed by atoms with Crippen molar-refractivity contribution < 1.29 is 19.3 Å². The minimum absolute atomic E-state index is 0.0184. The number of aromatic nitrogens is 2. The van der Waals surface area contributed by atoms with Gasteiger partial charge in [-0.2, -0.15) is 0 Å². The molecule has 0 atom stereocenters. The number of amidine groups is 2. The van der Waals surface area contributed by atoms with Crippen LogP contribution in [0.1, 0.15) is 11.4 Å². The molecule has 0 aliphatic rings. The molecule has 0 aliphatic carbocycles. The number of carbonyl (C=O) groups is 2. The molecule has 37 heavy (non-hydrogen) atoms. The first-order chi connectivity index (χ1) is 17.6. The van der Waals surface area contributed by atoms with Gasteiger partial charge in [0.05, 0.1) is 0 Å². The molecular weight excluding hydrogens is 543 g/mol. The summed E-state index contributed by atoms with van der Waals surface area (Å²) in [6.07, 6.45) is 3.42. The summed E-state index contributed by atoms with van der Waals surface area (Å²) in [5.74, 6) is -0.986. The molecule has 13 heteroatoms. The van der Waals surface area contributed by atoms with Gasteiger partial charge in [0.1, 0.15) is 0 Å². The van der Waals surface area contributed by atoms with E-state index >= 15 is 0 Å². The molecule has 0 radical (unpaired) electrons. The molecule has 0 spiro atoms. The van der Waals surface area contributed by atoms with Crippen molar-refractivity contribution >= 4 is 38.1 Å². The van der Waals surface area contributed by atoms with Crippen molar-refractivity contribution in [2.45, 2.75) is 0 Å². The Bertz CT molecular complexity index is 1190. The Labute approximate surface area is 220 Å². The van der Waals surface area contributed by atoms with Gasteiger partial charge in [-0.25, -0.2) is 0 Å².